The molecule has 138 valence electrons. The van der Waals surface area contributed by atoms with Crippen molar-refractivity contribution in [3.8, 4) is 0 Å². The third-order valence-electron chi connectivity index (χ3n) is 3.80. The summed E-state index contributed by atoms with van der Waals surface area (Å²) in [5.41, 5.74) is -0.944. The van der Waals surface area contributed by atoms with E-state index in [0.29, 0.717) is 0 Å². The number of carbonyl (C=O) groups excluding carboxylic acids is 2. The largest absolute Gasteiger partial charge is 0.444 e. The Kier molecular flexibility index (Phi) is 5.71. The van der Waals surface area contributed by atoms with Gasteiger partial charge in [-0.2, -0.15) is 0 Å². The number of ether oxygens (including phenoxy) is 1. The van der Waals surface area contributed by atoms with Crippen molar-refractivity contribution in [3.05, 3.63) is 33.8 Å². The van der Waals surface area contributed by atoms with Crippen LogP contribution in [0.4, 0.5) is 13.6 Å². The fourth-order valence-electron chi connectivity index (χ4n) is 2.62. The van der Waals surface area contributed by atoms with Gasteiger partial charge in [0.2, 0.25) is 0 Å². The second-order valence-electron chi connectivity index (χ2n) is 6.99. The second kappa shape index (κ2) is 7.27. The maximum atomic E-state index is 14.0. The van der Waals surface area contributed by atoms with Crippen LogP contribution in [0.1, 0.15) is 38.1 Å². The molecule has 8 heteroatoms. The van der Waals surface area contributed by atoms with Crippen LogP contribution in [0.2, 0.25) is 0 Å². The van der Waals surface area contributed by atoms with E-state index in [1.54, 1.807) is 27.7 Å². The molecular formula is C17H21BrF2N2O3. The zero-order valence-electron chi connectivity index (χ0n) is 14.6. The SMILES string of the molecule is C[C@@H]1CN(C(=O)OC(C)(C)C)CCN1C(=O)c1c(F)ccc(F)c1Br. The molecule has 2 rings (SSSR count). The molecule has 1 fully saturated rings. The van der Waals surface area contributed by atoms with Gasteiger partial charge in [-0.15, -0.1) is 0 Å². The van der Waals surface area contributed by atoms with Crippen molar-refractivity contribution in [2.45, 2.75) is 39.3 Å². The zero-order valence-corrected chi connectivity index (χ0v) is 16.2. The van der Waals surface area contributed by atoms with Crippen molar-refractivity contribution in [2.24, 2.45) is 0 Å². The maximum absolute atomic E-state index is 14.0. The molecule has 0 aromatic heterocycles. The van der Waals surface area contributed by atoms with Gasteiger partial charge >= 0.3 is 6.09 Å². The molecule has 0 unspecified atom stereocenters. The summed E-state index contributed by atoms with van der Waals surface area (Å²) in [7, 11) is 0. The standard InChI is InChI=1S/C17H21BrF2N2O3/c1-10-9-21(16(24)25-17(2,3)4)7-8-22(10)15(23)13-11(19)5-6-12(20)14(13)18/h5-6,10H,7-9H2,1-4H3/t10-/m1/s1. The van der Waals surface area contributed by atoms with Gasteiger partial charge in [-0.25, -0.2) is 13.6 Å². The average Bonchev–Trinajstić information content (AvgIpc) is 2.49. The van der Waals surface area contributed by atoms with Crippen LogP contribution in [-0.4, -0.2) is 53.1 Å². The van der Waals surface area contributed by atoms with Crippen LogP contribution in [0.15, 0.2) is 16.6 Å². The van der Waals surface area contributed by atoms with Crippen LogP contribution < -0.4 is 0 Å². The van der Waals surface area contributed by atoms with Crippen molar-refractivity contribution in [1.82, 2.24) is 9.80 Å². The first-order valence-electron chi connectivity index (χ1n) is 7.93. The van der Waals surface area contributed by atoms with E-state index in [9.17, 15) is 18.4 Å². The highest BCUT2D eigenvalue weighted by Crippen LogP contribution is 2.26. The molecule has 25 heavy (non-hydrogen) atoms. The van der Waals surface area contributed by atoms with Gasteiger partial charge in [-0.1, -0.05) is 0 Å². The quantitative estimate of drug-likeness (QED) is 0.651. The van der Waals surface area contributed by atoms with E-state index in [2.05, 4.69) is 15.9 Å². The van der Waals surface area contributed by atoms with Crippen molar-refractivity contribution in [1.29, 1.82) is 0 Å². The number of rotatable bonds is 1. The number of carbonyl (C=O) groups is 2. The highest BCUT2D eigenvalue weighted by molar-refractivity contribution is 9.10. The van der Waals surface area contributed by atoms with Crippen molar-refractivity contribution < 1.29 is 23.1 Å². The molecule has 0 N–H and O–H groups in total. The molecule has 1 aliphatic rings. The Morgan fingerprint density at radius 3 is 2.36 bits per heavy atom. The summed E-state index contributed by atoms with van der Waals surface area (Å²) in [6.07, 6.45) is -0.454. The second-order valence-corrected chi connectivity index (χ2v) is 7.79. The molecule has 0 aliphatic carbocycles. The first kappa shape index (κ1) is 19.6. The van der Waals surface area contributed by atoms with E-state index in [4.69, 9.17) is 4.74 Å². The molecular weight excluding hydrogens is 398 g/mol. The van der Waals surface area contributed by atoms with Gasteiger partial charge in [0.1, 0.15) is 17.2 Å². The van der Waals surface area contributed by atoms with E-state index in [0.717, 1.165) is 12.1 Å². The minimum atomic E-state index is -0.792. The molecule has 1 heterocycles. The number of hydrogen-bond acceptors (Lipinski definition) is 3. The third-order valence-corrected chi connectivity index (χ3v) is 4.57. The number of amides is 2. The van der Waals surface area contributed by atoms with E-state index < -0.39 is 29.2 Å². The van der Waals surface area contributed by atoms with Crippen LogP contribution >= 0.6 is 15.9 Å². The van der Waals surface area contributed by atoms with Gasteiger partial charge < -0.3 is 14.5 Å². The summed E-state index contributed by atoms with van der Waals surface area (Å²) in [6.45, 7) is 7.81. The Bertz CT molecular complexity index is 691. The minimum absolute atomic E-state index is 0.195. The van der Waals surface area contributed by atoms with Gasteiger partial charge in [-0.3, -0.25) is 4.79 Å². The summed E-state index contributed by atoms with van der Waals surface area (Å²) >= 11 is 2.94. The van der Waals surface area contributed by atoms with E-state index in [1.807, 2.05) is 0 Å². The summed E-state index contributed by atoms with van der Waals surface area (Å²) in [5, 5.41) is 0. The Labute approximate surface area is 154 Å². The first-order chi connectivity index (χ1) is 11.5. The van der Waals surface area contributed by atoms with E-state index in [1.165, 1.54) is 9.80 Å². The fourth-order valence-corrected chi connectivity index (χ4v) is 3.11. The molecule has 1 aliphatic heterocycles. The van der Waals surface area contributed by atoms with E-state index >= 15 is 0 Å². The molecule has 0 spiro atoms. The molecule has 1 atom stereocenters. The van der Waals surface area contributed by atoms with Gasteiger partial charge in [0.05, 0.1) is 10.0 Å². The van der Waals surface area contributed by atoms with Crippen molar-refractivity contribution in [2.75, 3.05) is 19.6 Å². The number of halogens is 3. The van der Waals surface area contributed by atoms with Crippen LogP contribution in [-0.2, 0) is 4.74 Å². The molecule has 0 bridgehead atoms. The normalized spacial score (nSPS) is 18.3. The summed E-state index contributed by atoms with van der Waals surface area (Å²) in [6, 6.07) is 1.53. The molecule has 2 amide bonds. The Morgan fingerprint density at radius 1 is 1.20 bits per heavy atom. The third kappa shape index (κ3) is 4.48. The predicted molar refractivity (Wildman–Crippen MR) is 92.4 cm³/mol. The fraction of sp³-hybridized carbons (Fsp3) is 0.529. The van der Waals surface area contributed by atoms with Crippen molar-refractivity contribution in [3.63, 3.8) is 0 Å². The minimum Gasteiger partial charge on any atom is -0.444 e. The number of benzene rings is 1. The first-order valence-corrected chi connectivity index (χ1v) is 8.73. The molecule has 5 nitrogen and oxygen atoms in total. The van der Waals surface area contributed by atoms with Crippen LogP contribution in [0, 0.1) is 11.6 Å². The van der Waals surface area contributed by atoms with E-state index in [-0.39, 0.29) is 35.7 Å². The van der Waals surface area contributed by atoms with Crippen molar-refractivity contribution >= 4 is 27.9 Å². The Balaban J connectivity index is 2.13. The zero-order chi connectivity index (χ0) is 18.9. The molecule has 0 radical (unpaired) electrons. The Morgan fingerprint density at radius 2 is 1.80 bits per heavy atom. The highest BCUT2D eigenvalue weighted by atomic mass is 79.9. The van der Waals surface area contributed by atoms with Gasteiger partial charge in [-0.05, 0) is 55.8 Å². The molecule has 0 saturated carbocycles. The Hall–Kier alpha value is -1.70. The van der Waals surface area contributed by atoms with Gasteiger partial charge in [0.25, 0.3) is 5.91 Å². The predicted octanol–water partition coefficient (Wildman–Crippen LogP) is 3.81. The average molecular weight is 419 g/mol. The monoisotopic (exact) mass is 418 g/mol. The summed E-state index contributed by atoms with van der Waals surface area (Å²) < 4.78 is 32.8. The van der Waals surface area contributed by atoms with Gasteiger partial charge in [0, 0.05) is 25.7 Å². The molecule has 1 saturated heterocycles. The number of nitrogens with zero attached hydrogens (tertiary/aromatic N) is 2. The lowest BCUT2D eigenvalue weighted by Crippen LogP contribution is -2.56. The summed E-state index contributed by atoms with van der Waals surface area (Å²) in [4.78, 5) is 27.8. The highest BCUT2D eigenvalue weighted by Gasteiger charge is 2.34. The molecule has 1 aromatic rings. The van der Waals surface area contributed by atoms with Crippen LogP contribution in [0.25, 0.3) is 0 Å². The molecule has 1 aromatic carbocycles. The smallest absolute Gasteiger partial charge is 0.410 e. The maximum Gasteiger partial charge on any atom is 0.410 e. The summed E-state index contributed by atoms with van der Waals surface area (Å²) in [5.74, 6) is -2.11. The van der Waals surface area contributed by atoms with Gasteiger partial charge in [0.15, 0.2) is 0 Å². The lowest BCUT2D eigenvalue weighted by molar-refractivity contribution is 0.00604. The van der Waals surface area contributed by atoms with Crippen LogP contribution in [0.3, 0.4) is 0 Å². The lowest BCUT2D eigenvalue weighted by Gasteiger charge is -2.40. The number of hydrogen-bond donors (Lipinski definition) is 0. The number of piperazine rings is 1. The van der Waals surface area contributed by atoms with Crippen LogP contribution in [0.5, 0.6) is 0 Å². The lowest BCUT2D eigenvalue weighted by atomic mass is 10.1. The topological polar surface area (TPSA) is 49.9 Å².